The molecule has 0 saturated heterocycles. The van der Waals surface area contributed by atoms with Crippen LogP contribution in [0.15, 0.2) is 39.9 Å². The molecule has 0 spiro atoms. The molecule has 2 rings (SSSR count). The number of nitrogens with zero attached hydrogens (tertiary/aromatic N) is 2. The number of aryl methyl sites for hydroxylation is 1. The van der Waals surface area contributed by atoms with E-state index in [1.54, 1.807) is 12.4 Å². The van der Waals surface area contributed by atoms with E-state index in [2.05, 4.69) is 25.9 Å². The second-order valence-electron chi connectivity index (χ2n) is 3.82. The molecule has 0 fully saturated rings. The lowest BCUT2D eigenvalue weighted by Gasteiger charge is -2.02. The maximum absolute atomic E-state index is 6.12. The zero-order chi connectivity index (χ0) is 13.1. The quantitative estimate of drug-likeness (QED) is 0.844. The molecule has 1 heterocycles. The van der Waals surface area contributed by atoms with Gasteiger partial charge in [0.15, 0.2) is 0 Å². The van der Waals surface area contributed by atoms with Crippen molar-refractivity contribution in [1.29, 1.82) is 0 Å². The van der Waals surface area contributed by atoms with Crippen molar-refractivity contribution >= 4 is 45.3 Å². The molecule has 0 aliphatic rings. The lowest BCUT2D eigenvalue weighted by Crippen LogP contribution is -1.97. The zero-order valence-electron chi connectivity index (χ0n) is 9.69. The Morgan fingerprint density at radius 1 is 1.44 bits per heavy atom. The average molecular weight is 325 g/mol. The van der Waals surface area contributed by atoms with Crippen molar-refractivity contribution in [2.75, 3.05) is 5.73 Å². The summed E-state index contributed by atoms with van der Waals surface area (Å²) in [6, 6.07) is 7.51. The van der Waals surface area contributed by atoms with Gasteiger partial charge in [0.25, 0.3) is 0 Å². The van der Waals surface area contributed by atoms with Gasteiger partial charge in [0.2, 0.25) is 0 Å². The number of nitrogens with two attached hydrogens (primary N) is 1. The predicted octanol–water partition coefficient (Wildman–Crippen LogP) is 4.14. The van der Waals surface area contributed by atoms with Gasteiger partial charge in [0.05, 0.1) is 10.7 Å². The van der Waals surface area contributed by atoms with Gasteiger partial charge in [-0.05, 0) is 46.6 Å². The second kappa shape index (κ2) is 5.50. The molecule has 2 N–H and O–H groups in total. The first-order chi connectivity index (χ1) is 8.58. The topological polar surface area (TPSA) is 51.3 Å². The Hall–Kier alpha value is -1.39. The number of halogens is 2. The molecule has 0 saturated carbocycles. The number of hydrogen-bond acceptors (Lipinski definition) is 3. The number of benzene rings is 1. The van der Waals surface area contributed by atoms with Crippen molar-refractivity contribution in [2.45, 2.75) is 6.92 Å². The van der Waals surface area contributed by atoms with Crippen molar-refractivity contribution in [3.63, 3.8) is 0 Å². The van der Waals surface area contributed by atoms with Gasteiger partial charge in [-0.2, -0.15) is 0 Å². The Morgan fingerprint density at radius 3 is 3.00 bits per heavy atom. The number of rotatable bonds is 2. The van der Waals surface area contributed by atoms with Crippen LogP contribution in [0.25, 0.3) is 0 Å². The van der Waals surface area contributed by atoms with Crippen molar-refractivity contribution in [3.8, 4) is 0 Å². The van der Waals surface area contributed by atoms with Crippen molar-refractivity contribution < 1.29 is 0 Å². The minimum absolute atomic E-state index is 0.454. The Balaban J connectivity index is 2.36. The van der Waals surface area contributed by atoms with E-state index >= 15 is 0 Å². The van der Waals surface area contributed by atoms with Gasteiger partial charge in [0.1, 0.15) is 5.82 Å². The number of pyridine rings is 1. The monoisotopic (exact) mass is 323 g/mol. The Kier molecular flexibility index (Phi) is 3.99. The van der Waals surface area contributed by atoms with Crippen LogP contribution in [0.5, 0.6) is 0 Å². The van der Waals surface area contributed by atoms with Gasteiger partial charge >= 0.3 is 0 Å². The molecule has 0 aliphatic heterocycles. The van der Waals surface area contributed by atoms with E-state index in [1.165, 1.54) is 0 Å². The maximum Gasteiger partial charge on any atom is 0.132 e. The summed E-state index contributed by atoms with van der Waals surface area (Å²) in [5.41, 5.74) is 8.28. The highest BCUT2D eigenvalue weighted by molar-refractivity contribution is 9.10. The molecule has 92 valence electrons. The standard InChI is InChI=1S/C13H11BrClN3/c1-8-5-9(13(16)18-6-8)7-17-11-4-2-3-10(14)12(11)15/h2-7H,1H3,(H2,16,18). The average Bonchev–Trinajstić information content (AvgIpc) is 2.35. The van der Waals surface area contributed by atoms with Crippen LogP contribution in [-0.4, -0.2) is 11.2 Å². The summed E-state index contributed by atoms with van der Waals surface area (Å²) in [5, 5.41) is 0.577. The molecule has 1 aromatic heterocycles. The first-order valence-corrected chi connectivity index (χ1v) is 6.45. The van der Waals surface area contributed by atoms with E-state index in [1.807, 2.05) is 31.2 Å². The van der Waals surface area contributed by atoms with E-state index < -0.39 is 0 Å². The lowest BCUT2D eigenvalue weighted by molar-refractivity contribution is 1.27. The molecule has 0 aliphatic carbocycles. The first-order valence-electron chi connectivity index (χ1n) is 5.28. The van der Waals surface area contributed by atoms with Crippen LogP contribution < -0.4 is 5.73 Å². The third kappa shape index (κ3) is 2.89. The molecule has 0 amide bonds. The normalized spacial score (nSPS) is 11.1. The van der Waals surface area contributed by atoms with Gasteiger partial charge < -0.3 is 5.73 Å². The molecule has 0 unspecified atom stereocenters. The first kappa shape index (κ1) is 13.1. The number of aromatic nitrogens is 1. The van der Waals surface area contributed by atoms with Crippen LogP contribution in [0.1, 0.15) is 11.1 Å². The van der Waals surface area contributed by atoms with E-state index in [0.29, 0.717) is 16.5 Å². The summed E-state index contributed by atoms with van der Waals surface area (Å²) in [6.45, 7) is 1.95. The van der Waals surface area contributed by atoms with Crippen LogP contribution in [0.2, 0.25) is 5.02 Å². The van der Waals surface area contributed by atoms with Gasteiger partial charge in [0, 0.05) is 22.4 Å². The Morgan fingerprint density at radius 2 is 2.22 bits per heavy atom. The minimum Gasteiger partial charge on any atom is -0.383 e. The smallest absolute Gasteiger partial charge is 0.132 e. The van der Waals surface area contributed by atoms with Crippen LogP contribution in [0, 0.1) is 6.92 Å². The number of hydrogen-bond donors (Lipinski definition) is 1. The Labute approximate surface area is 119 Å². The van der Waals surface area contributed by atoms with E-state index in [4.69, 9.17) is 17.3 Å². The highest BCUT2D eigenvalue weighted by Gasteiger charge is 2.02. The number of nitrogen functional groups attached to an aromatic ring is 1. The molecule has 3 nitrogen and oxygen atoms in total. The third-order valence-electron chi connectivity index (χ3n) is 2.36. The van der Waals surface area contributed by atoms with Crippen LogP contribution in [0.3, 0.4) is 0 Å². The van der Waals surface area contributed by atoms with Crippen molar-refractivity contribution in [3.05, 3.63) is 51.1 Å². The fraction of sp³-hybridized carbons (Fsp3) is 0.0769. The predicted molar refractivity (Wildman–Crippen MR) is 79.8 cm³/mol. The summed E-state index contributed by atoms with van der Waals surface area (Å²) in [4.78, 5) is 8.41. The number of aliphatic imine (C=N–C) groups is 1. The molecule has 0 atom stereocenters. The molecule has 0 radical (unpaired) electrons. The van der Waals surface area contributed by atoms with E-state index in [0.717, 1.165) is 15.6 Å². The SMILES string of the molecule is Cc1cnc(N)c(C=Nc2cccc(Br)c2Cl)c1. The lowest BCUT2D eigenvalue weighted by atomic mass is 10.2. The summed E-state index contributed by atoms with van der Waals surface area (Å²) >= 11 is 9.48. The summed E-state index contributed by atoms with van der Waals surface area (Å²) < 4.78 is 0.814. The molecule has 1 aromatic carbocycles. The highest BCUT2D eigenvalue weighted by Crippen LogP contribution is 2.31. The summed E-state index contributed by atoms with van der Waals surface area (Å²) in [6.07, 6.45) is 3.39. The Bertz CT molecular complexity index is 607. The highest BCUT2D eigenvalue weighted by atomic mass is 79.9. The van der Waals surface area contributed by atoms with Crippen LogP contribution in [-0.2, 0) is 0 Å². The summed E-state index contributed by atoms with van der Waals surface area (Å²) in [7, 11) is 0. The molecule has 5 heteroatoms. The zero-order valence-corrected chi connectivity index (χ0v) is 12.0. The van der Waals surface area contributed by atoms with E-state index in [9.17, 15) is 0 Å². The van der Waals surface area contributed by atoms with Crippen LogP contribution in [0.4, 0.5) is 11.5 Å². The molecule has 0 bridgehead atoms. The minimum atomic E-state index is 0.454. The van der Waals surface area contributed by atoms with E-state index in [-0.39, 0.29) is 0 Å². The largest absolute Gasteiger partial charge is 0.383 e. The second-order valence-corrected chi connectivity index (χ2v) is 5.05. The number of anilines is 1. The van der Waals surface area contributed by atoms with Crippen molar-refractivity contribution in [2.24, 2.45) is 4.99 Å². The fourth-order valence-corrected chi connectivity index (χ4v) is 1.97. The van der Waals surface area contributed by atoms with Gasteiger partial charge in [-0.1, -0.05) is 17.7 Å². The van der Waals surface area contributed by atoms with Gasteiger partial charge in [-0.15, -0.1) is 0 Å². The van der Waals surface area contributed by atoms with Crippen LogP contribution >= 0.6 is 27.5 Å². The third-order valence-corrected chi connectivity index (χ3v) is 3.65. The fourth-order valence-electron chi connectivity index (χ4n) is 1.44. The molecule has 18 heavy (non-hydrogen) atoms. The molecule has 2 aromatic rings. The summed E-state index contributed by atoms with van der Waals surface area (Å²) in [5.74, 6) is 0.454. The van der Waals surface area contributed by atoms with Gasteiger partial charge in [-0.3, -0.25) is 4.99 Å². The maximum atomic E-state index is 6.12. The van der Waals surface area contributed by atoms with Gasteiger partial charge in [-0.25, -0.2) is 4.98 Å². The molecular formula is C13H11BrClN3. The molecular weight excluding hydrogens is 314 g/mol. The van der Waals surface area contributed by atoms with Crippen molar-refractivity contribution in [1.82, 2.24) is 4.98 Å².